The van der Waals surface area contributed by atoms with Gasteiger partial charge in [-0.3, -0.25) is 4.79 Å². The average Bonchev–Trinajstić information content (AvgIpc) is 2.72. The first-order chi connectivity index (χ1) is 9.08. The lowest BCUT2D eigenvalue weighted by molar-refractivity contribution is 0.0946. The Morgan fingerprint density at radius 3 is 2.40 bits per heavy atom. The predicted molar refractivity (Wildman–Crippen MR) is 84.3 cm³/mol. The molecule has 0 radical (unpaired) electrons. The molecule has 1 aromatic carbocycles. The van der Waals surface area contributed by atoms with E-state index >= 15 is 0 Å². The Morgan fingerprint density at radius 1 is 1.20 bits per heavy atom. The van der Waals surface area contributed by atoms with E-state index in [1.54, 1.807) is 0 Å². The van der Waals surface area contributed by atoms with E-state index in [2.05, 4.69) is 5.32 Å². The van der Waals surface area contributed by atoms with Gasteiger partial charge in [-0.1, -0.05) is 12.1 Å². The van der Waals surface area contributed by atoms with Crippen LogP contribution in [-0.2, 0) is 13.5 Å². The Morgan fingerprint density at radius 2 is 1.85 bits per heavy atom. The number of carbonyl (C=O) groups excluding carboxylic acids is 1. The summed E-state index contributed by atoms with van der Waals surface area (Å²) in [4.78, 5) is 12.0. The van der Waals surface area contributed by atoms with Gasteiger partial charge in [0.25, 0.3) is 5.91 Å². The first kappa shape index (κ1) is 16.1. The number of aromatic nitrogens is 1. The van der Waals surface area contributed by atoms with Crippen molar-refractivity contribution < 1.29 is 4.79 Å². The number of nitrogens with zero attached hydrogens (tertiary/aromatic N) is 1. The van der Waals surface area contributed by atoms with Crippen LogP contribution in [0, 0.1) is 6.92 Å². The second-order valence-corrected chi connectivity index (χ2v) is 4.67. The number of benzene rings is 1. The number of halogens is 1. The molecular weight excluding hydrogens is 274 g/mol. The van der Waals surface area contributed by atoms with Gasteiger partial charge in [-0.05, 0) is 43.2 Å². The Kier molecular flexibility index (Phi) is 5.65. The van der Waals surface area contributed by atoms with Crippen molar-refractivity contribution in [1.82, 2.24) is 9.88 Å². The molecule has 0 aliphatic carbocycles. The van der Waals surface area contributed by atoms with Crippen LogP contribution in [0.15, 0.2) is 36.4 Å². The second-order valence-electron chi connectivity index (χ2n) is 4.67. The van der Waals surface area contributed by atoms with Crippen LogP contribution in [0.5, 0.6) is 0 Å². The monoisotopic (exact) mass is 293 g/mol. The third-order valence-corrected chi connectivity index (χ3v) is 3.28. The largest absolute Gasteiger partial charge is 0.399 e. The van der Waals surface area contributed by atoms with Crippen LogP contribution < -0.4 is 11.1 Å². The van der Waals surface area contributed by atoms with Crippen LogP contribution in [0.25, 0.3) is 0 Å². The molecule has 1 amide bonds. The van der Waals surface area contributed by atoms with Gasteiger partial charge in [0.1, 0.15) is 5.69 Å². The van der Waals surface area contributed by atoms with Gasteiger partial charge in [0, 0.05) is 25.0 Å². The molecule has 3 N–H and O–H groups in total. The fourth-order valence-electron chi connectivity index (χ4n) is 1.94. The van der Waals surface area contributed by atoms with Crippen LogP contribution in [-0.4, -0.2) is 17.0 Å². The van der Waals surface area contributed by atoms with Gasteiger partial charge < -0.3 is 15.6 Å². The van der Waals surface area contributed by atoms with Crippen molar-refractivity contribution in [3.05, 3.63) is 53.3 Å². The maximum atomic E-state index is 12.0. The van der Waals surface area contributed by atoms with Gasteiger partial charge in [0.2, 0.25) is 0 Å². The molecule has 2 rings (SSSR count). The van der Waals surface area contributed by atoms with Crippen LogP contribution in [0.3, 0.4) is 0 Å². The number of hydrogen-bond acceptors (Lipinski definition) is 2. The van der Waals surface area contributed by atoms with E-state index in [1.807, 2.05) is 54.9 Å². The summed E-state index contributed by atoms with van der Waals surface area (Å²) in [5.41, 5.74) is 9.31. The minimum absolute atomic E-state index is 0. The third kappa shape index (κ3) is 3.78. The fourth-order valence-corrected chi connectivity index (χ4v) is 1.94. The van der Waals surface area contributed by atoms with Gasteiger partial charge in [-0.25, -0.2) is 0 Å². The molecule has 20 heavy (non-hydrogen) atoms. The molecule has 1 aromatic heterocycles. The lowest BCUT2D eigenvalue weighted by atomic mass is 10.1. The highest BCUT2D eigenvalue weighted by molar-refractivity contribution is 5.92. The molecular formula is C15H20ClN3O. The molecule has 0 fully saturated rings. The van der Waals surface area contributed by atoms with Gasteiger partial charge in [0.15, 0.2) is 0 Å². The number of rotatable bonds is 4. The normalized spacial score (nSPS) is 9.90. The smallest absolute Gasteiger partial charge is 0.267 e. The quantitative estimate of drug-likeness (QED) is 0.850. The molecule has 108 valence electrons. The van der Waals surface area contributed by atoms with Gasteiger partial charge in [-0.2, -0.15) is 0 Å². The molecule has 0 saturated carbocycles. The molecule has 0 saturated heterocycles. The minimum atomic E-state index is -0.0361. The zero-order chi connectivity index (χ0) is 13.8. The summed E-state index contributed by atoms with van der Waals surface area (Å²) in [6.45, 7) is 2.60. The average molecular weight is 294 g/mol. The van der Waals surface area contributed by atoms with Crippen LogP contribution >= 0.6 is 12.4 Å². The first-order valence-corrected chi connectivity index (χ1v) is 6.33. The van der Waals surface area contributed by atoms with Crippen molar-refractivity contribution in [3.63, 3.8) is 0 Å². The molecule has 0 atom stereocenters. The number of aryl methyl sites for hydroxylation is 1. The van der Waals surface area contributed by atoms with E-state index in [9.17, 15) is 4.79 Å². The number of hydrogen-bond donors (Lipinski definition) is 2. The van der Waals surface area contributed by atoms with Crippen molar-refractivity contribution >= 4 is 24.0 Å². The standard InChI is InChI=1S/C15H19N3O.ClH/c1-11-3-8-14(18(11)2)15(19)17-10-9-12-4-6-13(16)7-5-12;/h3-8H,9-10,16H2,1-2H3,(H,17,19);1H. The van der Waals surface area contributed by atoms with Crippen LogP contribution in [0.1, 0.15) is 21.7 Å². The summed E-state index contributed by atoms with van der Waals surface area (Å²) >= 11 is 0. The number of anilines is 1. The summed E-state index contributed by atoms with van der Waals surface area (Å²) in [5.74, 6) is -0.0361. The lowest BCUT2D eigenvalue weighted by Gasteiger charge is -2.07. The van der Waals surface area contributed by atoms with E-state index in [4.69, 9.17) is 5.73 Å². The summed E-state index contributed by atoms with van der Waals surface area (Å²) in [7, 11) is 1.89. The highest BCUT2D eigenvalue weighted by Crippen LogP contribution is 2.07. The first-order valence-electron chi connectivity index (χ1n) is 6.33. The van der Waals surface area contributed by atoms with E-state index in [1.165, 1.54) is 0 Å². The SMILES string of the molecule is Cc1ccc(C(=O)NCCc2ccc(N)cc2)n1C.Cl. The topological polar surface area (TPSA) is 60.1 Å². The predicted octanol–water partition coefficient (Wildman–Crippen LogP) is 2.31. The highest BCUT2D eigenvalue weighted by atomic mass is 35.5. The number of carbonyl (C=O) groups is 1. The molecule has 0 bridgehead atoms. The Bertz CT molecular complexity index is 575. The van der Waals surface area contributed by atoms with Crippen molar-refractivity contribution in [2.24, 2.45) is 7.05 Å². The second kappa shape index (κ2) is 7.01. The molecule has 2 aromatic rings. The Labute approximate surface area is 125 Å². The fraction of sp³-hybridized carbons (Fsp3) is 0.267. The molecule has 5 heteroatoms. The van der Waals surface area contributed by atoms with Gasteiger partial charge in [0.05, 0.1) is 0 Å². The molecule has 0 unspecified atom stereocenters. The van der Waals surface area contributed by atoms with Crippen LogP contribution in [0.2, 0.25) is 0 Å². The summed E-state index contributed by atoms with van der Waals surface area (Å²) < 4.78 is 1.89. The maximum absolute atomic E-state index is 12.0. The lowest BCUT2D eigenvalue weighted by Crippen LogP contribution is -2.27. The molecule has 1 heterocycles. The zero-order valence-electron chi connectivity index (χ0n) is 11.7. The van der Waals surface area contributed by atoms with E-state index in [-0.39, 0.29) is 18.3 Å². The number of nitrogen functional groups attached to an aromatic ring is 1. The minimum Gasteiger partial charge on any atom is -0.399 e. The van der Waals surface area contributed by atoms with Gasteiger partial charge in [-0.15, -0.1) is 12.4 Å². The summed E-state index contributed by atoms with van der Waals surface area (Å²) in [6, 6.07) is 11.5. The molecule has 4 nitrogen and oxygen atoms in total. The number of nitrogens with two attached hydrogens (primary N) is 1. The maximum Gasteiger partial charge on any atom is 0.267 e. The molecule has 0 spiro atoms. The summed E-state index contributed by atoms with van der Waals surface area (Å²) in [6.07, 6.45) is 0.801. The zero-order valence-corrected chi connectivity index (χ0v) is 12.5. The Balaban J connectivity index is 0.00000200. The van der Waals surface area contributed by atoms with E-state index in [0.29, 0.717) is 12.2 Å². The van der Waals surface area contributed by atoms with Crippen LogP contribution in [0.4, 0.5) is 5.69 Å². The summed E-state index contributed by atoms with van der Waals surface area (Å²) in [5, 5.41) is 2.93. The van der Waals surface area contributed by atoms with Gasteiger partial charge >= 0.3 is 0 Å². The molecule has 0 aliphatic heterocycles. The van der Waals surface area contributed by atoms with E-state index in [0.717, 1.165) is 23.4 Å². The van der Waals surface area contributed by atoms with Crippen molar-refractivity contribution in [1.29, 1.82) is 0 Å². The number of nitrogens with one attached hydrogen (secondary N) is 1. The van der Waals surface area contributed by atoms with Crippen molar-refractivity contribution in [2.75, 3.05) is 12.3 Å². The molecule has 0 aliphatic rings. The Hall–Kier alpha value is -1.94. The highest BCUT2D eigenvalue weighted by Gasteiger charge is 2.09. The number of amides is 1. The van der Waals surface area contributed by atoms with Crippen molar-refractivity contribution in [3.8, 4) is 0 Å². The third-order valence-electron chi connectivity index (χ3n) is 3.28. The van der Waals surface area contributed by atoms with Crippen molar-refractivity contribution in [2.45, 2.75) is 13.3 Å². The van der Waals surface area contributed by atoms with E-state index < -0.39 is 0 Å².